The topological polar surface area (TPSA) is 51.8 Å². The quantitative estimate of drug-likeness (QED) is 0.722. The molecule has 3 nitrogen and oxygen atoms in total. The zero-order valence-corrected chi connectivity index (χ0v) is 11.4. The molecule has 0 unspecified atom stereocenters. The van der Waals surface area contributed by atoms with Crippen molar-refractivity contribution in [2.24, 2.45) is 0 Å². The zero-order valence-electron chi connectivity index (χ0n) is 9.88. The third-order valence-corrected chi connectivity index (χ3v) is 3.96. The molecule has 3 rings (SSSR count). The number of aromatic nitrogens is 2. The van der Waals surface area contributed by atoms with E-state index in [4.69, 9.17) is 17.3 Å². The van der Waals surface area contributed by atoms with E-state index in [9.17, 15) is 0 Å². The van der Waals surface area contributed by atoms with Gasteiger partial charge in [-0.1, -0.05) is 17.7 Å². The van der Waals surface area contributed by atoms with Crippen molar-refractivity contribution < 1.29 is 0 Å². The summed E-state index contributed by atoms with van der Waals surface area (Å²) in [5.74, 6) is 0. The number of nitrogen functional groups attached to an aromatic ring is 1. The normalized spacial score (nSPS) is 10.6. The van der Waals surface area contributed by atoms with Crippen molar-refractivity contribution >= 4 is 28.6 Å². The molecule has 0 aliphatic carbocycles. The highest BCUT2D eigenvalue weighted by atomic mass is 35.5. The Balaban J connectivity index is 1.99. The van der Waals surface area contributed by atoms with Crippen LogP contribution in [0.1, 0.15) is 0 Å². The van der Waals surface area contributed by atoms with Crippen LogP contribution >= 0.6 is 22.9 Å². The van der Waals surface area contributed by atoms with Gasteiger partial charge in [0, 0.05) is 28.9 Å². The minimum Gasteiger partial charge on any atom is -0.398 e. The third kappa shape index (κ3) is 2.45. The van der Waals surface area contributed by atoms with Gasteiger partial charge in [0.15, 0.2) is 0 Å². The van der Waals surface area contributed by atoms with Gasteiger partial charge >= 0.3 is 0 Å². The molecule has 0 fully saturated rings. The summed E-state index contributed by atoms with van der Waals surface area (Å²) in [6.07, 6.45) is 3.52. The molecule has 0 saturated heterocycles. The highest BCUT2D eigenvalue weighted by Gasteiger charge is 2.07. The average molecular weight is 288 g/mol. The maximum Gasteiger partial charge on any atom is 0.124 e. The first-order valence-electron chi connectivity index (χ1n) is 5.65. The molecule has 0 bridgehead atoms. The molecule has 2 heterocycles. The molecule has 0 saturated carbocycles. The number of thiazole rings is 1. The van der Waals surface area contributed by atoms with Gasteiger partial charge in [0.05, 0.1) is 16.4 Å². The first kappa shape index (κ1) is 12.1. The van der Waals surface area contributed by atoms with Crippen molar-refractivity contribution in [2.75, 3.05) is 5.73 Å². The van der Waals surface area contributed by atoms with E-state index in [1.165, 1.54) is 0 Å². The van der Waals surface area contributed by atoms with Gasteiger partial charge in [-0.25, -0.2) is 4.98 Å². The Kier molecular flexibility index (Phi) is 3.19. The summed E-state index contributed by atoms with van der Waals surface area (Å²) in [6.45, 7) is 0. The molecule has 0 atom stereocenters. The van der Waals surface area contributed by atoms with Crippen molar-refractivity contribution in [3.63, 3.8) is 0 Å². The maximum atomic E-state index is 5.92. The fourth-order valence-corrected chi connectivity index (χ4v) is 2.69. The van der Waals surface area contributed by atoms with Gasteiger partial charge in [0.1, 0.15) is 5.01 Å². The Morgan fingerprint density at radius 2 is 1.84 bits per heavy atom. The Bertz CT molecular complexity index is 710. The molecule has 0 spiro atoms. The number of halogens is 1. The number of nitrogens with two attached hydrogens (primary N) is 1. The highest BCUT2D eigenvalue weighted by molar-refractivity contribution is 7.13. The van der Waals surface area contributed by atoms with Crippen molar-refractivity contribution in [3.05, 3.63) is 53.1 Å². The molecule has 3 aromatic rings. The van der Waals surface area contributed by atoms with Gasteiger partial charge in [0.25, 0.3) is 0 Å². The largest absolute Gasteiger partial charge is 0.398 e. The number of benzene rings is 1. The average Bonchev–Trinajstić information content (AvgIpc) is 2.93. The number of anilines is 1. The van der Waals surface area contributed by atoms with E-state index in [2.05, 4.69) is 9.97 Å². The molecule has 1 aromatic carbocycles. The van der Waals surface area contributed by atoms with Crippen LogP contribution in [0.2, 0.25) is 5.02 Å². The number of hydrogen-bond donors (Lipinski definition) is 1. The first-order valence-corrected chi connectivity index (χ1v) is 6.91. The SMILES string of the molecule is Nc1cc(-c2csc(-c3ccncc3)n2)ccc1Cl. The Labute approximate surface area is 119 Å². The van der Waals surface area contributed by atoms with Crippen LogP contribution in [-0.4, -0.2) is 9.97 Å². The number of nitrogens with zero attached hydrogens (tertiary/aromatic N) is 2. The van der Waals surface area contributed by atoms with Crippen molar-refractivity contribution in [3.8, 4) is 21.8 Å². The van der Waals surface area contributed by atoms with Crippen molar-refractivity contribution in [2.45, 2.75) is 0 Å². The monoisotopic (exact) mass is 287 g/mol. The maximum absolute atomic E-state index is 5.92. The Morgan fingerprint density at radius 1 is 1.05 bits per heavy atom. The lowest BCUT2D eigenvalue weighted by atomic mass is 10.1. The second-order valence-electron chi connectivity index (χ2n) is 4.01. The van der Waals surface area contributed by atoms with E-state index in [-0.39, 0.29) is 0 Å². The molecule has 94 valence electrons. The number of hydrogen-bond acceptors (Lipinski definition) is 4. The van der Waals surface area contributed by atoms with Crippen LogP contribution < -0.4 is 5.73 Å². The summed E-state index contributed by atoms with van der Waals surface area (Å²) in [5, 5.41) is 3.54. The fraction of sp³-hybridized carbons (Fsp3) is 0. The van der Waals surface area contributed by atoms with Gasteiger partial charge in [-0.15, -0.1) is 11.3 Å². The van der Waals surface area contributed by atoms with Crippen LogP contribution in [0.4, 0.5) is 5.69 Å². The van der Waals surface area contributed by atoms with Crippen LogP contribution in [0.3, 0.4) is 0 Å². The Morgan fingerprint density at radius 3 is 2.58 bits per heavy atom. The van der Waals surface area contributed by atoms with Gasteiger partial charge < -0.3 is 5.73 Å². The predicted octanol–water partition coefficient (Wildman–Crippen LogP) is 4.11. The second-order valence-corrected chi connectivity index (χ2v) is 5.28. The van der Waals surface area contributed by atoms with E-state index < -0.39 is 0 Å². The third-order valence-electron chi connectivity index (χ3n) is 2.72. The second kappa shape index (κ2) is 4.99. The van der Waals surface area contributed by atoms with Crippen LogP contribution in [-0.2, 0) is 0 Å². The highest BCUT2D eigenvalue weighted by Crippen LogP contribution is 2.31. The summed E-state index contributed by atoms with van der Waals surface area (Å²) in [7, 11) is 0. The van der Waals surface area contributed by atoms with Crippen molar-refractivity contribution in [1.82, 2.24) is 9.97 Å². The van der Waals surface area contributed by atoms with Crippen LogP contribution in [0.15, 0.2) is 48.1 Å². The van der Waals surface area contributed by atoms with E-state index in [1.807, 2.05) is 29.6 Å². The minimum atomic E-state index is 0.563. The standard InChI is InChI=1S/C14H10ClN3S/c15-11-2-1-10(7-12(11)16)13-8-19-14(18-13)9-3-5-17-6-4-9/h1-8H,16H2. The summed E-state index contributed by atoms with van der Waals surface area (Å²) in [5.41, 5.74) is 9.32. The predicted molar refractivity (Wildman–Crippen MR) is 80.2 cm³/mol. The molecular formula is C14H10ClN3S. The van der Waals surface area contributed by atoms with E-state index in [0.717, 1.165) is 21.8 Å². The van der Waals surface area contributed by atoms with Gasteiger partial charge in [-0.05, 0) is 24.3 Å². The van der Waals surface area contributed by atoms with E-state index >= 15 is 0 Å². The Hall–Kier alpha value is -1.91. The van der Waals surface area contributed by atoms with Crippen LogP contribution in [0.5, 0.6) is 0 Å². The van der Waals surface area contributed by atoms with E-state index in [1.54, 1.807) is 29.8 Å². The van der Waals surface area contributed by atoms with Crippen LogP contribution in [0.25, 0.3) is 21.8 Å². The molecule has 2 aromatic heterocycles. The fourth-order valence-electron chi connectivity index (χ4n) is 1.74. The first-order chi connectivity index (χ1) is 9.24. The minimum absolute atomic E-state index is 0.563. The summed E-state index contributed by atoms with van der Waals surface area (Å²) in [6, 6.07) is 9.44. The summed E-state index contributed by atoms with van der Waals surface area (Å²) >= 11 is 7.51. The zero-order chi connectivity index (χ0) is 13.2. The van der Waals surface area contributed by atoms with Crippen molar-refractivity contribution in [1.29, 1.82) is 0 Å². The summed E-state index contributed by atoms with van der Waals surface area (Å²) in [4.78, 5) is 8.62. The lowest BCUT2D eigenvalue weighted by molar-refractivity contribution is 1.32. The van der Waals surface area contributed by atoms with Gasteiger partial charge in [-0.2, -0.15) is 0 Å². The molecular weight excluding hydrogens is 278 g/mol. The number of pyridine rings is 1. The van der Waals surface area contributed by atoms with E-state index in [0.29, 0.717) is 10.7 Å². The molecule has 0 aliphatic heterocycles. The number of rotatable bonds is 2. The molecule has 0 amide bonds. The molecule has 19 heavy (non-hydrogen) atoms. The molecule has 5 heteroatoms. The van der Waals surface area contributed by atoms with Crippen LogP contribution in [0, 0.1) is 0 Å². The molecule has 0 aliphatic rings. The van der Waals surface area contributed by atoms with Gasteiger partial charge in [0.2, 0.25) is 0 Å². The van der Waals surface area contributed by atoms with Gasteiger partial charge in [-0.3, -0.25) is 4.98 Å². The lowest BCUT2D eigenvalue weighted by Crippen LogP contribution is -1.87. The smallest absolute Gasteiger partial charge is 0.124 e. The lowest BCUT2D eigenvalue weighted by Gasteiger charge is -2.01. The molecule has 0 radical (unpaired) electrons. The molecule has 2 N–H and O–H groups in total. The summed E-state index contributed by atoms with van der Waals surface area (Å²) < 4.78 is 0.